The SMILES string of the molecule is CC.CCC1(OC(=O)Oc2ccc([N+](=O)[O-])cc2)C(=O)OCc2c1cc(-c1nc3cc(F)c(C)c4c3c(c1C)C(NC(=O)c1ccccn1)CC4)[nH]c2=O.O=C(Cl)Oc1ccc([N+](=O)[O-])cc1. The number of H-pyrrole nitrogens is 1. The van der Waals surface area contributed by atoms with Crippen LogP contribution in [0, 0.1) is 39.9 Å². The number of benzene rings is 3. The van der Waals surface area contributed by atoms with Gasteiger partial charge in [-0.05, 0) is 97.8 Å². The van der Waals surface area contributed by atoms with E-state index in [0.29, 0.717) is 40.4 Å². The molecule has 0 radical (unpaired) electrons. The number of rotatable bonds is 9. The molecule has 0 fully saturated rings. The molecule has 1 amide bonds. The number of nitro groups is 2. The summed E-state index contributed by atoms with van der Waals surface area (Å²) in [5.41, 5.74) is -0.563. The van der Waals surface area contributed by atoms with Crippen LogP contribution in [0.5, 0.6) is 11.5 Å². The summed E-state index contributed by atoms with van der Waals surface area (Å²) >= 11 is 4.92. The highest BCUT2D eigenvalue weighted by Gasteiger charge is 2.50. The number of esters is 1. The fourth-order valence-corrected chi connectivity index (χ4v) is 7.81. The van der Waals surface area contributed by atoms with Crippen LogP contribution >= 0.6 is 11.6 Å². The van der Waals surface area contributed by atoms with E-state index < -0.39 is 62.9 Å². The number of hydrogen-bond donors (Lipinski definition) is 2. The zero-order valence-electron chi connectivity index (χ0n) is 36.3. The van der Waals surface area contributed by atoms with E-state index in [4.69, 9.17) is 30.8 Å². The van der Waals surface area contributed by atoms with Gasteiger partial charge in [0, 0.05) is 59.1 Å². The van der Waals surface area contributed by atoms with Gasteiger partial charge in [0.05, 0.1) is 38.4 Å². The molecule has 67 heavy (non-hydrogen) atoms. The molecule has 4 heterocycles. The second kappa shape index (κ2) is 20.4. The topological polar surface area (TPSA) is 262 Å². The lowest BCUT2D eigenvalue weighted by molar-refractivity contribution is -0.385. The molecule has 1 aliphatic heterocycles. The van der Waals surface area contributed by atoms with Gasteiger partial charge >= 0.3 is 17.6 Å². The first kappa shape index (κ1) is 48.3. The quantitative estimate of drug-likeness (QED) is 0.0450. The third-order valence-electron chi connectivity index (χ3n) is 10.9. The monoisotopic (exact) mass is 938 g/mol. The number of fused-ring (bicyclic) bond motifs is 1. The van der Waals surface area contributed by atoms with Crippen LogP contribution in [0.1, 0.15) is 83.5 Å². The number of aromatic amines is 1. The zero-order chi connectivity index (χ0) is 48.7. The number of aryl methyl sites for hydroxylation is 1. The van der Waals surface area contributed by atoms with Gasteiger partial charge in [-0.25, -0.2) is 23.8 Å². The van der Waals surface area contributed by atoms with E-state index in [2.05, 4.69) is 20.0 Å². The number of hydrogen-bond acceptors (Lipinski definition) is 15. The Morgan fingerprint density at radius 2 is 1.55 bits per heavy atom. The molecule has 2 N–H and O–H groups in total. The number of amides is 1. The molecule has 19 nitrogen and oxygen atoms in total. The molecular weight excluding hydrogens is 899 g/mol. The Balaban J connectivity index is 0.000000424. The number of carbonyl (C=O) groups is 4. The van der Waals surface area contributed by atoms with Gasteiger partial charge in [0.25, 0.3) is 22.8 Å². The van der Waals surface area contributed by atoms with Crippen molar-refractivity contribution in [3.63, 3.8) is 0 Å². The molecule has 2 aliphatic rings. The number of nitro benzene ring substituents is 2. The second-order valence-electron chi connectivity index (χ2n) is 14.6. The number of halogens is 2. The van der Waals surface area contributed by atoms with Crippen LogP contribution in [0.25, 0.3) is 22.3 Å². The van der Waals surface area contributed by atoms with Crippen LogP contribution in [0.4, 0.5) is 25.4 Å². The van der Waals surface area contributed by atoms with Crippen molar-refractivity contribution < 1.29 is 52.4 Å². The number of cyclic esters (lactones) is 1. The van der Waals surface area contributed by atoms with Crippen molar-refractivity contribution in [3.8, 4) is 22.9 Å². The molecule has 0 bridgehead atoms. The van der Waals surface area contributed by atoms with Gasteiger partial charge in [0.15, 0.2) is 0 Å². The molecular formula is C46H40ClFN6O13. The Bertz CT molecular complexity index is 2990. The lowest BCUT2D eigenvalue weighted by Crippen LogP contribution is -2.47. The first-order valence-corrected chi connectivity index (χ1v) is 20.9. The first-order valence-electron chi connectivity index (χ1n) is 20.6. The van der Waals surface area contributed by atoms with Crippen molar-refractivity contribution in [1.29, 1.82) is 0 Å². The van der Waals surface area contributed by atoms with E-state index in [1.807, 2.05) is 13.8 Å². The number of aromatic nitrogens is 3. The van der Waals surface area contributed by atoms with Gasteiger partial charge in [0.2, 0.25) is 5.60 Å². The summed E-state index contributed by atoms with van der Waals surface area (Å²) in [5.74, 6) is -1.72. The van der Waals surface area contributed by atoms with Crippen molar-refractivity contribution >= 4 is 57.3 Å². The molecule has 0 saturated carbocycles. The molecule has 1 aliphatic carbocycles. The van der Waals surface area contributed by atoms with E-state index in [-0.39, 0.29) is 57.5 Å². The maximum absolute atomic E-state index is 15.3. The Hall–Kier alpha value is -8.13. The minimum absolute atomic E-state index is 0.0255. The summed E-state index contributed by atoms with van der Waals surface area (Å²) in [6.07, 6.45) is 0.956. The summed E-state index contributed by atoms with van der Waals surface area (Å²) in [4.78, 5) is 95.6. The number of ether oxygens (including phenoxy) is 4. The van der Waals surface area contributed by atoms with Gasteiger partial charge in [-0.2, -0.15) is 0 Å². The Kier molecular flexibility index (Phi) is 14.7. The highest BCUT2D eigenvalue weighted by Crippen LogP contribution is 2.43. The van der Waals surface area contributed by atoms with E-state index in [0.717, 1.165) is 17.7 Å². The number of nitrogens with one attached hydrogen (secondary N) is 2. The molecule has 2 atom stereocenters. The predicted octanol–water partition coefficient (Wildman–Crippen LogP) is 9.30. The van der Waals surface area contributed by atoms with Crippen LogP contribution in [0.15, 0.2) is 89.9 Å². The number of non-ortho nitro benzene ring substituents is 2. The average molecular weight is 939 g/mol. The van der Waals surface area contributed by atoms with Gasteiger partial charge in [-0.15, -0.1) is 0 Å². The normalized spacial score (nSPS) is 15.5. The molecule has 3 aromatic heterocycles. The molecule has 2 unspecified atom stereocenters. The highest BCUT2D eigenvalue weighted by atomic mass is 35.5. The minimum Gasteiger partial charge on any atom is -0.457 e. The molecule has 0 saturated heterocycles. The Morgan fingerprint density at radius 1 is 0.925 bits per heavy atom. The Labute approximate surface area is 384 Å². The summed E-state index contributed by atoms with van der Waals surface area (Å²) in [7, 11) is 0. The van der Waals surface area contributed by atoms with Crippen molar-refractivity contribution in [2.45, 2.75) is 72.1 Å². The number of pyridine rings is 3. The van der Waals surface area contributed by atoms with E-state index in [9.17, 15) is 44.2 Å². The van der Waals surface area contributed by atoms with Crippen molar-refractivity contribution in [2.24, 2.45) is 0 Å². The molecule has 21 heteroatoms. The van der Waals surface area contributed by atoms with Gasteiger partial charge in [0.1, 0.15) is 29.6 Å². The number of nitrogens with zero attached hydrogens (tertiary/aromatic N) is 4. The van der Waals surface area contributed by atoms with E-state index in [1.54, 1.807) is 39.0 Å². The van der Waals surface area contributed by atoms with Gasteiger partial charge in [-0.3, -0.25) is 34.8 Å². The largest absolute Gasteiger partial charge is 0.515 e. The summed E-state index contributed by atoms with van der Waals surface area (Å²) in [5, 5.41) is 25.0. The average Bonchev–Trinajstić information content (AvgIpc) is 3.31. The summed E-state index contributed by atoms with van der Waals surface area (Å²) < 4.78 is 36.0. The second-order valence-corrected chi connectivity index (χ2v) is 14.9. The summed E-state index contributed by atoms with van der Waals surface area (Å²) in [6, 6.07) is 16.9. The zero-order valence-corrected chi connectivity index (χ0v) is 37.1. The maximum atomic E-state index is 15.3. The standard InChI is InChI=1S/C37H30FN5O9.C7H4ClNO4.C2H6/c1-4-37(52-36(47)51-21-10-8-20(9-11-21)43(48)49)24-15-29(42-33(44)23(24)17-50-35(37)46)32-19(3)30-26(41-34(45)27-7-5-6-14-39-27)13-12-22-18(2)25(38)16-28(40-32)31(22)30;8-7(10)13-6-3-1-5(2-4-6)9(11)12;1-2/h5-11,14-16,26H,4,12-13,17H2,1-3H3,(H,41,45)(H,42,44);1-4H;1-2H3. The maximum Gasteiger partial charge on any atom is 0.515 e. The van der Waals surface area contributed by atoms with E-state index >= 15 is 4.39 Å². The van der Waals surface area contributed by atoms with Crippen LogP contribution < -0.4 is 20.3 Å². The van der Waals surface area contributed by atoms with Crippen molar-refractivity contribution in [1.82, 2.24) is 20.3 Å². The van der Waals surface area contributed by atoms with Crippen LogP contribution in [-0.4, -0.2) is 48.3 Å². The smallest absolute Gasteiger partial charge is 0.457 e. The lowest BCUT2D eigenvalue weighted by atomic mass is 9.81. The number of carbonyl (C=O) groups excluding carboxylic acids is 4. The fraction of sp³-hybridized carbons (Fsp3) is 0.239. The third kappa shape index (κ3) is 10.1. The Morgan fingerprint density at radius 3 is 2.12 bits per heavy atom. The predicted molar refractivity (Wildman–Crippen MR) is 238 cm³/mol. The van der Waals surface area contributed by atoms with Crippen molar-refractivity contribution in [2.75, 3.05) is 0 Å². The summed E-state index contributed by atoms with van der Waals surface area (Å²) in [6.45, 7) is 8.63. The van der Waals surface area contributed by atoms with Gasteiger partial charge < -0.3 is 29.2 Å². The minimum atomic E-state index is -2.12. The fourth-order valence-electron chi connectivity index (χ4n) is 7.72. The molecule has 0 spiro atoms. The van der Waals surface area contributed by atoms with Crippen LogP contribution in [0.2, 0.25) is 0 Å². The van der Waals surface area contributed by atoms with Crippen LogP contribution in [-0.2, 0) is 32.9 Å². The van der Waals surface area contributed by atoms with Crippen molar-refractivity contribution in [3.05, 3.63) is 161 Å². The molecule has 8 rings (SSSR count). The third-order valence-corrected chi connectivity index (χ3v) is 11.0. The highest BCUT2D eigenvalue weighted by molar-refractivity contribution is 6.61. The van der Waals surface area contributed by atoms with E-state index in [1.165, 1.54) is 54.7 Å². The molecule has 3 aromatic carbocycles. The van der Waals surface area contributed by atoms with Gasteiger partial charge in [-0.1, -0.05) is 26.8 Å². The van der Waals surface area contributed by atoms with Crippen LogP contribution in [0.3, 0.4) is 0 Å². The molecule has 346 valence electrons. The first-order chi connectivity index (χ1) is 32.0. The molecule has 6 aromatic rings. The lowest BCUT2D eigenvalue weighted by Gasteiger charge is -2.35.